The smallest absolute Gasteiger partial charge is 0.312 e. The zero-order valence-electron chi connectivity index (χ0n) is 14.4. The Balaban J connectivity index is 2.04. The molecule has 0 amide bonds. The van der Waals surface area contributed by atoms with Gasteiger partial charge in [-0.25, -0.2) is 19.7 Å². The Bertz CT molecular complexity index is 1230. The lowest BCUT2D eigenvalue weighted by molar-refractivity contribution is 0.717. The Labute approximate surface area is 158 Å². The third kappa shape index (κ3) is 3.04. The summed E-state index contributed by atoms with van der Waals surface area (Å²) in [6, 6.07) is 9.66. The first kappa shape index (κ1) is 17.2. The van der Waals surface area contributed by atoms with Crippen LogP contribution in [0.15, 0.2) is 52.3 Å². The number of imidazole rings is 1. The van der Waals surface area contributed by atoms with Crippen LogP contribution in [0.3, 0.4) is 0 Å². The van der Waals surface area contributed by atoms with E-state index in [0.717, 1.165) is 5.56 Å². The van der Waals surface area contributed by atoms with E-state index in [1.165, 1.54) is 17.0 Å². The number of rotatable bonds is 4. The fourth-order valence-corrected chi connectivity index (χ4v) is 3.11. The number of halogens is 1. The van der Waals surface area contributed by atoms with E-state index >= 15 is 0 Å². The van der Waals surface area contributed by atoms with Crippen molar-refractivity contribution in [1.29, 1.82) is 0 Å². The zero-order valence-corrected chi connectivity index (χ0v) is 15.1. The Kier molecular flexibility index (Phi) is 4.33. The fraction of sp³-hybridized carbons (Fsp3) is 0.167. The molecule has 4 rings (SSSR count). The molecule has 27 heavy (non-hydrogen) atoms. The molecule has 0 radical (unpaired) electrons. The maximum atomic E-state index is 12.6. The van der Waals surface area contributed by atoms with Gasteiger partial charge in [0.2, 0.25) is 0 Å². The lowest BCUT2D eigenvalue weighted by atomic mass is 10.2. The summed E-state index contributed by atoms with van der Waals surface area (Å²) in [6.07, 6.45) is 2.91. The number of aromatic nitrogens is 6. The highest BCUT2D eigenvalue weighted by Gasteiger charge is 2.20. The predicted molar refractivity (Wildman–Crippen MR) is 102 cm³/mol. The third-order valence-corrected chi connectivity index (χ3v) is 4.43. The minimum atomic E-state index is -0.492. The topological polar surface area (TPSA) is 98.5 Å². The molecule has 0 unspecified atom stereocenters. The number of nitrogens with zero attached hydrogens (tertiary/aromatic N) is 5. The van der Waals surface area contributed by atoms with Crippen LogP contribution < -0.4 is 11.2 Å². The van der Waals surface area contributed by atoms with Crippen LogP contribution in [0.1, 0.15) is 12.5 Å². The van der Waals surface area contributed by atoms with Gasteiger partial charge in [-0.3, -0.25) is 14.3 Å². The van der Waals surface area contributed by atoms with Crippen LogP contribution in [0.2, 0.25) is 5.15 Å². The second kappa shape index (κ2) is 6.81. The Morgan fingerprint density at radius 2 is 1.85 bits per heavy atom. The van der Waals surface area contributed by atoms with E-state index in [1.54, 1.807) is 4.57 Å². The van der Waals surface area contributed by atoms with E-state index in [4.69, 9.17) is 11.6 Å². The molecule has 0 fully saturated rings. The van der Waals surface area contributed by atoms with Gasteiger partial charge in [0, 0.05) is 13.1 Å². The molecule has 0 bridgehead atoms. The van der Waals surface area contributed by atoms with E-state index < -0.39 is 11.2 Å². The first-order valence-electron chi connectivity index (χ1n) is 8.33. The van der Waals surface area contributed by atoms with Gasteiger partial charge in [-0.1, -0.05) is 41.9 Å². The number of fused-ring (bicyclic) bond motifs is 1. The molecule has 0 aliphatic heterocycles. The van der Waals surface area contributed by atoms with Crippen LogP contribution in [-0.4, -0.2) is 29.1 Å². The van der Waals surface area contributed by atoms with Gasteiger partial charge in [0.05, 0.1) is 12.4 Å². The van der Waals surface area contributed by atoms with Gasteiger partial charge >= 0.3 is 5.69 Å². The number of hydrogen-bond donors (Lipinski definition) is 1. The highest BCUT2D eigenvalue weighted by molar-refractivity contribution is 6.29. The summed E-state index contributed by atoms with van der Waals surface area (Å²) < 4.78 is 3.16. The molecule has 0 atom stereocenters. The molecule has 0 spiro atoms. The monoisotopic (exact) mass is 382 g/mol. The van der Waals surface area contributed by atoms with E-state index in [0.29, 0.717) is 35.8 Å². The number of benzene rings is 1. The molecule has 1 N–H and O–H groups in total. The van der Waals surface area contributed by atoms with Gasteiger partial charge in [0.1, 0.15) is 10.8 Å². The van der Waals surface area contributed by atoms with Gasteiger partial charge in [-0.05, 0) is 12.5 Å². The largest absolute Gasteiger partial charge is 0.330 e. The van der Waals surface area contributed by atoms with Crippen molar-refractivity contribution in [3.63, 3.8) is 0 Å². The van der Waals surface area contributed by atoms with E-state index in [-0.39, 0.29) is 5.15 Å². The number of aryl methyl sites for hydroxylation is 1. The first-order chi connectivity index (χ1) is 13.1. The number of nitrogens with one attached hydrogen (secondary N) is 1. The summed E-state index contributed by atoms with van der Waals surface area (Å²) in [6.45, 7) is 2.58. The summed E-state index contributed by atoms with van der Waals surface area (Å²) in [5, 5.41) is 0.257. The Morgan fingerprint density at radius 3 is 2.52 bits per heavy atom. The molecule has 0 aliphatic rings. The number of aromatic amines is 1. The van der Waals surface area contributed by atoms with Crippen molar-refractivity contribution in [1.82, 2.24) is 29.1 Å². The maximum Gasteiger partial charge on any atom is 0.330 e. The van der Waals surface area contributed by atoms with Crippen LogP contribution in [0.4, 0.5) is 0 Å². The van der Waals surface area contributed by atoms with Crippen LogP contribution in [0.25, 0.3) is 22.7 Å². The molecule has 9 heteroatoms. The highest BCUT2D eigenvalue weighted by Crippen LogP contribution is 2.22. The van der Waals surface area contributed by atoms with Gasteiger partial charge in [0.15, 0.2) is 17.0 Å². The summed E-state index contributed by atoms with van der Waals surface area (Å²) in [5.41, 5.74) is 1.08. The Hall–Kier alpha value is -3.26. The van der Waals surface area contributed by atoms with Crippen LogP contribution in [0.5, 0.6) is 0 Å². The molecule has 4 aromatic rings. The van der Waals surface area contributed by atoms with Crippen molar-refractivity contribution in [2.45, 2.75) is 20.0 Å². The molecule has 0 saturated heterocycles. The Morgan fingerprint density at radius 1 is 1.07 bits per heavy atom. The second-order valence-corrected chi connectivity index (χ2v) is 6.29. The quantitative estimate of drug-likeness (QED) is 0.582. The van der Waals surface area contributed by atoms with Gasteiger partial charge in [0.25, 0.3) is 5.56 Å². The molecule has 1 aromatic carbocycles. The first-order valence-corrected chi connectivity index (χ1v) is 8.71. The number of H-pyrrole nitrogens is 1. The molecule has 3 heterocycles. The van der Waals surface area contributed by atoms with Crippen LogP contribution in [-0.2, 0) is 13.1 Å². The molecule has 0 aliphatic carbocycles. The molecular formula is C18H15ClN6O2. The standard InChI is InChI=1S/C18H15ClN6O2/c1-2-24-16-14(17(26)23-18(24)27)25(10-11-6-4-3-5-7-11)15(22-16)12-8-21-13(19)9-20-12/h3-9H,2,10H2,1H3,(H,23,26,27). The molecular weight excluding hydrogens is 368 g/mol. The SMILES string of the molecule is CCn1c(=O)[nH]c(=O)c2c1nc(-c1cnc(Cl)cn1)n2Cc1ccccc1. The van der Waals surface area contributed by atoms with E-state index in [9.17, 15) is 9.59 Å². The van der Waals surface area contributed by atoms with E-state index in [1.807, 2.05) is 37.3 Å². The van der Waals surface area contributed by atoms with Crippen LogP contribution in [0, 0.1) is 0 Å². The minimum absolute atomic E-state index is 0.257. The van der Waals surface area contributed by atoms with E-state index in [2.05, 4.69) is 19.9 Å². The van der Waals surface area contributed by atoms with Crippen molar-refractivity contribution >= 4 is 22.8 Å². The van der Waals surface area contributed by atoms with Crippen molar-refractivity contribution in [3.05, 3.63) is 74.3 Å². The van der Waals surface area contributed by atoms with Crippen LogP contribution >= 0.6 is 11.6 Å². The lowest BCUT2D eigenvalue weighted by Gasteiger charge is -2.08. The van der Waals surface area contributed by atoms with Crippen molar-refractivity contribution in [2.75, 3.05) is 0 Å². The summed E-state index contributed by atoms with van der Waals surface area (Å²) >= 11 is 5.84. The van der Waals surface area contributed by atoms with Gasteiger partial charge in [-0.15, -0.1) is 0 Å². The molecule has 0 saturated carbocycles. The number of hydrogen-bond acceptors (Lipinski definition) is 5. The lowest BCUT2D eigenvalue weighted by Crippen LogP contribution is -2.30. The average molecular weight is 383 g/mol. The minimum Gasteiger partial charge on any atom is -0.312 e. The van der Waals surface area contributed by atoms with Crippen molar-refractivity contribution < 1.29 is 0 Å². The molecule has 8 nitrogen and oxygen atoms in total. The predicted octanol–water partition coefficient (Wildman–Crippen LogP) is 2.06. The fourth-order valence-electron chi connectivity index (χ4n) is 3.01. The highest BCUT2D eigenvalue weighted by atomic mass is 35.5. The normalized spacial score (nSPS) is 11.2. The van der Waals surface area contributed by atoms with Crippen molar-refractivity contribution in [3.8, 4) is 11.5 Å². The summed E-state index contributed by atoms with van der Waals surface area (Å²) in [7, 11) is 0. The van der Waals surface area contributed by atoms with Gasteiger partial charge < -0.3 is 4.57 Å². The summed E-state index contributed by atoms with van der Waals surface area (Å²) in [5.74, 6) is 0.441. The second-order valence-electron chi connectivity index (χ2n) is 5.91. The van der Waals surface area contributed by atoms with Gasteiger partial charge in [-0.2, -0.15) is 0 Å². The molecule has 136 valence electrons. The summed E-state index contributed by atoms with van der Waals surface area (Å²) in [4.78, 5) is 40.0. The zero-order chi connectivity index (χ0) is 19.0. The third-order valence-electron chi connectivity index (χ3n) is 4.23. The van der Waals surface area contributed by atoms with Crippen molar-refractivity contribution in [2.24, 2.45) is 0 Å². The maximum absolute atomic E-state index is 12.6. The average Bonchev–Trinajstić information content (AvgIpc) is 3.03. The molecule has 3 aromatic heterocycles.